The SMILES string of the molecule is CC(C)C(CN)c1cncn1CCc1ccnn1C. The molecule has 1 unspecified atom stereocenters. The first-order chi connectivity index (χ1) is 9.13. The molecule has 0 saturated carbocycles. The van der Waals surface area contributed by atoms with Gasteiger partial charge in [-0.05, 0) is 12.0 Å². The van der Waals surface area contributed by atoms with Crippen LogP contribution in [0.3, 0.4) is 0 Å². The Morgan fingerprint density at radius 3 is 2.74 bits per heavy atom. The molecule has 2 heterocycles. The fourth-order valence-electron chi connectivity index (χ4n) is 2.44. The van der Waals surface area contributed by atoms with E-state index in [1.807, 2.05) is 30.5 Å². The average molecular weight is 261 g/mol. The predicted octanol–water partition coefficient (Wildman–Crippen LogP) is 1.56. The van der Waals surface area contributed by atoms with Gasteiger partial charge in [-0.2, -0.15) is 5.10 Å². The second-order valence-corrected chi connectivity index (χ2v) is 5.29. The molecule has 104 valence electrons. The lowest BCUT2D eigenvalue weighted by molar-refractivity contribution is 0.470. The van der Waals surface area contributed by atoms with Gasteiger partial charge in [0.25, 0.3) is 0 Å². The van der Waals surface area contributed by atoms with Crippen molar-refractivity contribution < 1.29 is 0 Å². The van der Waals surface area contributed by atoms with Crippen LogP contribution in [0.2, 0.25) is 0 Å². The van der Waals surface area contributed by atoms with Crippen molar-refractivity contribution in [2.75, 3.05) is 6.54 Å². The molecule has 0 amide bonds. The minimum absolute atomic E-state index is 0.369. The summed E-state index contributed by atoms with van der Waals surface area (Å²) in [4.78, 5) is 4.28. The van der Waals surface area contributed by atoms with Crippen molar-refractivity contribution in [1.82, 2.24) is 19.3 Å². The number of nitrogens with zero attached hydrogens (tertiary/aromatic N) is 4. The molecule has 19 heavy (non-hydrogen) atoms. The minimum Gasteiger partial charge on any atom is -0.334 e. The van der Waals surface area contributed by atoms with Crippen LogP contribution in [0.15, 0.2) is 24.8 Å². The molecule has 0 saturated heterocycles. The van der Waals surface area contributed by atoms with Crippen molar-refractivity contribution in [1.29, 1.82) is 0 Å². The van der Waals surface area contributed by atoms with E-state index in [0.717, 1.165) is 13.0 Å². The molecular formula is C14H23N5. The highest BCUT2D eigenvalue weighted by molar-refractivity contribution is 5.09. The van der Waals surface area contributed by atoms with E-state index in [1.54, 1.807) is 0 Å². The van der Waals surface area contributed by atoms with Crippen molar-refractivity contribution in [2.24, 2.45) is 18.7 Å². The molecule has 0 bridgehead atoms. The summed E-state index contributed by atoms with van der Waals surface area (Å²) >= 11 is 0. The molecule has 2 rings (SSSR count). The summed E-state index contributed by atoms with van der Waals surface area (Å²) < 4.78 is 4.13. The molecule has 5 heteroatoms. The van der Waals surface area contributed by atoms with Gasteiger partial charge < -0.3 is 10.3 Å². The lowest BCUT2D eigenvalue weighted by Crippen LogP contribution is -2.21. The summed E-state index contributed by atoms with van der Waals surface area (Å²) in [5.74, 6) is 0.895. The molecule has 2 aromatic rings. The van der Waals surface area contributed by atoms with Crippen molar-refractivity contribution in [3.05, 3.63) is 36.2 Å². The topological polar surface area (TPSA) is 61.7 Å². The van der Waals surface area contributed by atoms with Crippen LogP contribution in [0.4, 0.5) is 0 Å². The number of nitrogens with two attached hydrogens (primary N) is 1. The highest BCUT2D eigenvalue weighted by Gasteiger charge is 2.18. The standard InChI is InChI=1S/C14H23N5/c1-11(2)13(8-15)14-9-16-10-19(14)7-5-12-4-6-17-18(12)3/h4,6,9-11,13H,5,7-8,15H2,1-3H3. The predicted molar refractivity (Wildman–Crippen MR) is 75.8 cm³/mol. The van der Waals surface area contributed by atoms with Crippen LogP contribution >= 0.6 is 0 Å². The first-order valence-electron chi connectivity index (χ1n) is 6.80. The molecule has 5 nitrogen and oxygen atoms in total. The van der Waals surface area contributed by atoms with Crippen molar-refractivity contribution in [3.63, 3.8) is 0 Å². The summed E-state index contributed by atoms with van der Waals surface area (Å²) in [6.07, 6.45) is 6.63. The number of rotatable bonds is 6. The summed E-state index contributed by atoms with van der Waals surface area (Å²) in [6.45, 7) is 5.99. The van der Waals surface area contributed by atoms with Crippen molar-refractivity contribution in [3.8, 4) is 0 Å². The third kappa shape index (κ3) is 3.04. The zero-order chi connectivity index (χ0) is 13.8. The maximum absolute atomic E-state index is 5.89. The minimum atomic E-state index is 0.369. The number of aryl methyl sites for hydroxylation is 3. The van der Waals surface area contributed by atoms with E-state index in [2.05, 4.69) is 34.6 Å². The summed E-state index contributed by atoms with van der Waals surface area (Å²) in [7, 11) is 1.97. The monoisotopic (exact) mass is 261 g/mol. The van der Waals surface area contributed by atoms with E-state index in [0.29, 0.717) is 18.4 Å². The van der Waals surface area contributed by atoms with E-state index < -0.39 is 0 Å². The fourth-order valence-corrected chi connectivity index (χ4v) is 2.44. The van der Waals surface area contributed by atoms with Gasteiger partial charge in [-0.15, -0.1) is 0 Å². The third-order valence-corrected chi connectivity index (χ3v) is 3.71. The van der Waals surface area contributed by atoms with E-state index >= 15 is 0 Å². The van der Waals surface area contributed by atoms with Gasteiger partial charge in [0.15, 0.2) is 0 Å². The van der Waals surface area contributed by atoms with Crippen LogP contribution in [-0.2, 0) is 20.0 Å². The first kappa shape index (κ1) is 13.8. The lowest BCUT2D eigenvalue weighted by atomic mass is 9.93. The number of hydrogen-bond acceptors (Lipinski definition) is 3. The Bertz CT molecular complexity index is 511. The van der Waals surface area contributed by atoms with E-state index in [9.17, 15) is 0 Å². The Hall–Kier alpha value is -1.62. The Balaban J connectivity index is 2.09. The Kier molecular flexibility index (Phi) is 4.37. The van der Waals surface area contributed by atoms with Crippen LogP contribution in [0.25, 0.3) is 0 Å². The summed E-state index contributed by atoms with van der Waals surface area (Å²) in [5.41, 5.74) is 8.36. The van der Waals surface area contributed by atoms with E-state index in [1.165, 1.54) is 11.4 Å². The summed E-state index contributed by atoms with van der Waals surface area (Å²) in [5, 5.41) is 4.19. The molecule has 2 aromatic heterocycles. The van der Waals surface area contributed by atoms with E-state index in [4.69, 9.17) is 5.73 Å². The molecule has 0 aliphatic rings. The molecule has 0 aromatic carbocycles. The van der Waals surface area contributed by atoms with Gasteiger partial charge in [-0.25, -0.2) is 4.98 Å². The molecule has 2 N–H and O–H groups in total. The normalized spacial score (nSPS) is 13.1. The maximum atomic E-state index is 5.89. The molecular weight excluding hydrogens is 238 g/mol. The third-order valence-electron chi connectivity index (χ3n) is 3.71. The highest BCUT2D eigenvalue weighted by atomic mass is 15.3. The van der Waals surface area contributed by atoms with Crippen LogP contribution < -0.4 is 5.73 Å². The Morgan fingerprint density at radius 1 is 1.37 bits per heavy atom. The van der Waals surface area contributed by atoms with Gasteiger partial charge in [0.05, 0.1) is 6.33 Å². The van der Waals surface area contributed by atoms with Gasteiger partial charge in [-0.1, -0.05) is 13.8 Å². The number of imidazole rings is 1. The lowest BCUT2D eigenvalue weighted by Gasteiger charge is -2.20. The van der Waals surface area contributed by atoms with Gasteiger partial charge in [0.1, 0.15) is 0 Å². The smallest absolute Gasteiger partial charge is 0.0948 e. The first-order valence-corrected chi connectivity index (χ1v) is 6.80. The Morgan fingerprint density at radius 2 is 2.16 bits per heavy atom. The van der Waals surface area contributed by atoms with Crippen LogP contribution in [0.5, 0.6) is 0 Å². The van der Waals surface area contributed by atoms with Gasteiger partial charge in [0.2, 0.25) is 0 Å². The molecule has 0 aliphatic heterocycles. The molecule has 0 spiro atoms. The number of aromatic nitrogens is 4. The quantitative estimate of drug-likeness (QED) is 0.858. The summed E-state index contributed by atoms with van der Waals surface area (Å²) in [6, 6.07) is 2.06. The van der Waals surface area contributed by atoms with Gasteiger partial charge in [0, 0.05) is 56.3 Å². The van der Waals surface area contributed by atoms with Crippen LogP contribution in [-0.4, -0.2) is 25.9 Å². The number of hydrogen-bond donors (Lipinski definition) is 1. The molecule has 0 aliphatic carbocycles. The second-order valence-electron chi connectivity index (χ2n) is 5.29. The van der Waals surface area contributed by atoms with Crippen LogP contribution in [0.1, 0.15) is 31.2 Å². The van der Waals surface area contributed by atoms with Gasteiger partial charge in [-0.3, -0.25) is 4.68 Å². The Labute approximate surface area is 114 Å². The van der Waals surface area contributed by atoms with Crippen molar-refractivity contribution >= 4 is 0 Å². The fraction of sp³-hybridized carbons (Fsp3) is 0.571. The largest absolute Gasteiger partial charge is 0.334 e. The zero-order valence-electron chi connectivity index (χ0n) is 12.0. The molecule has 0 fully saturated rings. The van der Waals surface area contributed by atoms with Crippen molar-refractivity contribution in [2.45, 2.75) is 32.7 Å². The highest BCUT2D eigenvalue weighted by Crippen LogP contribution is 2.23. The second kappa shape index (κ2) is 6.02. The zero-order valence-corrected chi connectivity index (χ0v) is 12.0. The van der Waals surface area contributed by atoms with Gasteiger partial charge >= 0.3 is 0 Å². The average Bonchev–Trinajstić information content (AvgIpc) is 2.97. The van der Waals surface area contributed by atoms with E-state index in [-0.39, 0.29) is 0 Å². The molecule has 0 radical (unpaired) electrons. The maximum Gasteiger partial charge on any atom is 0.0948 e. The van der Waals surface area contributed by atoms with Crippen LogP contribution in [0, 0.1) is 5.92 Å². The molecule has 1 atom stereocenters.